The number of halogens is 2. The average Bonchev–Trinajstić information content (AvgIpc) is 3.42. The van der Waals surface area contributed by atoms with Gasteiger partial charge in [-0.2, -0.15) is 10.1 Å². The fourth-order valence-corrected chi connectivity index (χ4v) is 8.56. The van der Waals surface area contributed by atoms with E-state index in [9.17, 15) is 24.7 Å². The lowest BCUT2D eigenvalue weighted by atomic mass is 9.49. The highest BCUT2D eigenvalue weighted by molar-refractivity contribution is 6.36. The first-order chi connectivity index (χ1) is 22.5. The van der Waals surface area contributed by atoms with E-state index in [-0.39, 0.29) is 40.1 Å². The summed E-state index contributed by atoms with van der Waals surface area (Å²) in [7, 11) is 2.95. The lowest BCUT2D eigenvalue weighted by Gasteiger charge is -2.50. The van der Waals surface area contributed by atoms with E-state index in [2.05, 4.69) is 5.43 Å². The lowest BCUT2D eigenvalue weighted by Crippen LogP contribution is -2.53. The molecule has 13 heteroatoms. The fraction of sp³-hybridized carbons (Fsp3) is 0.294. The number of nitrogens with one attached hydrogen (secondary N) is 1. The van der Waals surface area contributed by atoms with Gasteiger partial charge in [0.1, 0.15) is 17.2 Å². The minimum Gasteiger partial charge on any atom is -0.508 e. The largest absolute Gasteiger partial charge is 0.508 e. The highest BCUT2D eigenvalue weighted by Gasteiger charge is 2.70. The monoisotopic (exact) mass is 677 g/mol. The molecule has 11 nitrogen and oxygen atoms in total. The van der Waals surface area contributed by atoms with Crippen LogP contribution in [-0.2, 0) is 24.6 Å². The Kier molecular flexibility index (Phi) is 7.46. The molecule has 2 aliphatic carbocycles. The van der Waals surface area contributed by atoms with Gasteiger partial charge in [-0.15, -0.1) is 0 Å². The van der Waals surface area contributed by atoms with E-state index in [1.54, 1.807) is 42.5 Å². The minimum atomic E-state index is -1.60. The topological polar surface area (TPSA) is 146 Å². The number of imide groups is 2. The molecular formula is C34H29Cl2N3O8. The van der Waals surface area contributed by atoms with E-state index in [0.29, 0.717) is 27.5 Å². The highest BCUT2D eigenvalue weighted by atomic mass is 35.5. The maximum atomic E-state index is 15.2. The van der Waals surface area contributed by atoms with Gasteiger partial charge >= 0.3 is 0 Å². The van der Waals surface area contributed by atoms with Crippen LogP contribution >= 0.6 is 23.2 Å². The molecule has 2 aliphatic heterocycles. The molecule has 3 aromatic carbocycles. The molecule has 1 saturated carbocycles. The van der Waals surface area contributed by atoms with E-state index in [1.807, 2.05) is 6.08 Å². The van der Waals surface area contributed by atoms with Gasteiger partial charge in [-0.25, -0.2) is 0 Å². The summed E-state index contributed by atoms with van der Waals surface area (Å²) in [6.45, 7) is 0. The number of rotatable bonds is 6. The molecule has 6 unspecified atom stereocenters. The van der Waals surface area contributed by atoms with Gasteiger partial charge in [0.2, 0.25) is 0 Å². The van der Waals surface area contributed by atoms with Gasteiger partial charge in [0.05, 0.1) is 48.1 Å². The number of phenolic OH excluding ortho intramolecular Hbond substituents is 1. The van der Waals surface area contributed by atoms with Crippen molar-refractivity contribution < 1.29 is 39.0 Å². The van der Waals surface area contributed by atoms with Crippen molar-refractivity contribution in [3.8, 4) is 17.2 Å². The third kappa shape index (κ3) is 4.44. The Morgan fingerprint density at radius 1 is 0.894 bits per heavy atom. The second kappa shape index (κ2) is 11.3. The number of allylic oxidation sites excluding steroid dienone is 2. The number of methoxy groups -OCH3 is 2. The van der Waals surface area contributed by atoms with E-state index in [0.717, 1.165) is 5.01 Å². The van der Waals surface area contributed by atoms with Crippen molar-refractivity contribution in [1.29, 1.82) is 0 Å². The molecular weight excluding hydrogens is 649 g/mol. The molecule has 0 bridgehead atoms. The van der Waals surface area contributed by atoms with E-state index < -0.39 is 58.6 Å². The Bertz CT molecular complexity index is 1880. The number of fused-ring (bicyclic) bond motifs is 4. The van der Waals surface area contributed by atoms with Crippen LogP contribution in [0.5, 0.6) is 17.2 Å². The molecule has 4 amide bonds. The van der Waals surface area contributed by atoms with Gasteiger partial charge in [-0.3, -0.25) is 29.8 Å². The summed E-state index contributed by atoms with van der Waals surface area (Å²) in [5.74, 6) is -6.28. The van der Waals surface area contributed by atoms with Gasteiger partial charge in [-0.05, 0) is 60.7 Å². The Morgan fingerprint density at radius 3 is 2.32 bits per heavy atom. The molecule has 4 aliphatic rings. The summed E-state index contributed by atoms with van der Waals surface area (Å²) in [5.41, 5.74) is 3.26. The number of nitrogens with zero attached hydrogens (tertiary/aromatic N) is 2. The molecule has 3 fully saturated rings. The van der Waals surface area contributed by atoms with Crippen LogP contribution in [0.2, 0.25) is 10.0 Å². The van der Waals surface area contributed by atoms with Gasteiger partial charge in [0.25, 0.3) is 23.6 Å². The number of anilines is 1. The predicted molar refractivity (Wildman–Crippen MR) is 169 cm³/mol. The number of hydroxylamine groups is 2. The number of carbonyl (C=O) groups excluding carboxylic acids is 4. The van der Waals surface area contributed by atoms with Crippen molar-refractivity contribution in [1.82, 2.24) is 10.1 Å². The molecule has 2 heterocycles. The summed E-state index contributed by atoms with van der Waals surface area (Å²) >= 11 is 12.6. The zero-order chi connectivity index (χ0) is 33.4. The van der Waals surface area contributed by atoms with Crippen molar-refractivity contribution in [3.63, 3.8) is 0 Å². The number of ether oxygens (including phenoxy) is 2. The van der Waals surface area contributed by atoms with Crippen LogP contribution in [-0.4, -0.2) is 58.2 Å². The number of carbonyl (C=O) groups is 4. The van der Waals surface area contributed by atoms with Crippen LogP contribution in [0.4, 0.5) is 5.69 Å². The van der Waals surface area contributed by atoms with Gasteiger partial charge in [-0.1, -0.05) is 53.1 Å². The zero-order valence-electron chi connectivity index (χ0n) is 25.1. The standard InChI is InChI=1S/C34H29Cl2N3O8/c1-46-19-7-3-16(4-8-19)34-24(31(42)38(33(34)44)37-26-12-5-17(35)13-25(26)36)15-23-20(10-11-22-28(23)32(43)39(45)30(22)41)29(34)21-9-6-18(40)14-27(21)47-2/h3-10,12-14,22-24,28-29,37,40,45H,11,15H2,1-2H3. The molecule has 7 rings (SSSR count). The van der Waals surface area contributed by atoms with E-state index >= 15 is 4.79 Å². The summed E-state index contributed by atoms with van der Waals surface area (Å²) in [6.07, 6.45) is 2.02. The van der Waals surface area contributed by atoms with E-state index in [4.69, 9.17) is 32.7 Å². The van der Waals surface area contributed by atoms with Crippen molar-refractivity contribution >= 4 is 52.5 Å². The Hall–Kier alpha value is -4.58. The Morgan fingerprint density at radius 2 is 1.64 bits per heavy atom. The number of hydrogen-bond acceptors (Lipinski definition) is 9. The molecule has 47 heavy (non-hydrogen) atoms. The molecule has 0 spiro atoms. The lowest BCUT2D eigenvalue weighted by molar-refractivity contribution is -0.173. The van der Waals surface area contributed by atoms with Crippen molar-refractivity contribution in [3.05, 3.63) is 93.5 Å². The zero-order valence-corrected chi connectivity index (χ0v) is 26.7. The van der Waals surface area contributed by atoms with Gasteiger partial charge in [0, 0.05) is 22.6 Å². The summed E-state index contributed by atoms with van der Waals surface area (Å²) < 4.78 is 11.2. The number of benzene rings is 3. The van der Waals surface area contributed by atoms with Crippen molar-refractivity contribution in [2.24, 2.45) is 23.7 Å². The summed E-state index contributed by atoms with van der Waals surface area (Å²) in [6, 6.07) is 16.0. The first-order valence-electron chi connectivity index (χ1n) is 14.9. The van der Waals surface area contributed by atoms with Crippen LogP contribution in [0, 0.1) is 23.7 Å². The van der Waals surface area contributed by atoms with Crippen LogP contribution < -0.4 is 14.9 Å². The summed E-state index contributed by atoms with van der Waals surface area (Å²) in [5, 5.41) is 22.5. The molecule has 3 aromatic rings. The Labute approximate surface area is 279 Å². The second-order valence-electron chi connectivity index (χ2n) is 12.1. The first kappa shape index (κ1) is 31.0. The van der Waals surface area contributed by atoms with E-state index in [1.165, 1.54) is 32.4 Å². The maximum Gasteiger partial charge on any atom is 0.260 e. The number of hydrazine groups is 1. The smallest absolute Gasteiger partial charge is 0.260 e. The first-order valence-corrected chi connectivity index (χ1v) is 15.7. The van der Waals surface area contributed by atoms with Crippen LogP contribution in [0.3, 0.4) is 0 Å². The Balaban J connectivity index is 1.50. The molecule has 2 saturated heterocycles. The maximum absolute atomic E-state index is 15.2. The molecule has 0 radical (unpaired) electrons. The number of amides is 4. The number of hydrogen-bond donors (Lipinski definition) is 3. The quantitative estimate of drug-likeness (QED) is 0.184. The van der Waals surface area contributed by atoms with Crippen LogP contribution in [0.1, 0.15) is 29.9 Å². The molecule has 0 aromatic heterocycles. The highest BCUT2D eigenvalue weighted by Crippen LogP contribution is 2.65. The fourth-order valence-electron chi connectivity index (χ4n) is 8.11. The predicted octanol–water partition coefficient (Wildman–Crippen LogP) is 5.09. The van der Waals surface area contributed by atoms with Gasteiger partial charge in [0.15, 0.2) is 0 Å². The third-order valence-electron chi connectivity index (χ3n) is 10.1. The number of aromatic hydroxyl groups is 1. The normalized spacial score (nSPS) is 28.1. The van der Waals surface area contributed by atoms with Crippen molar-refractivity contribution in [2.75, 3.05) is 19.6 Å². The average molecular weight is 679 g/mol. The second-order valence-corrected chi connectivity index (χ2v) is 13.0. The van der Waals surface area contributed by atoms with Gasteiger partial charge < -0.3 is 14.6 Å². The molecule has 242 valence electrons. The van der Waals surface area contributed by atoms with Crippen molar-refractivity contribution in [2.45, 2.75) is 24.2 Å². The molecule has 6 atom stereocenters. The SMILES string of the molecule is COc1ccc(C23C(=O)N(Nc4ccc(Cl)cc4Cl)C(=O)C2CC2C(=CCC4C(=O)N(O)C(=O)C42)C3c2ccc(O)cc2OC)cc1. The van der Waals surface area contributed by atoms with Crippen LogP contribution in [0.15, 0.2) is 72.3 Å². The minimum absolute atomic E-state index is 0.0277. The summed E-state index contributed by atoms with van der Waals surface area (Å²) in [4.78, 5) is 56.1. The number of phenols is 1. The third-order valence-corrected chi connectivity index (χ3v) is 10.6. The molecule has 3 N–H and O–H groups in total. The van der Waals surface area contributed by atoms with Crippen LogP contribution in [0.25, 0.3) is 0 Å².